The number of nitrogens with zero attached hydrogens (tertiary/aromatic N) is 1. The third-order valence-electron chi connectivity index (χ3n) is 4.24. The van der Waals surface area contributed by atoms with Gasteiger partial charge in [0.25, 0.3) is 0 Å². The van der Waals surface area contributed by atoms with Gasteiger partial charge >= 0.3 is 0 Å². The Hall–Kier alpha value is -2.05. The second-order valence-corrected chi connectivity index (χ2v) is 6.74. The summed E-state index contributed by atoms with van der Waals surface area (Å²) in [6.07, 6.45) is 2.26. The summed E-state index contributed by atoms with van der Waals surface area (Å²) in [5.41, 5.74) is 0.742. The van der Waals surface area contributed by atoms with Crippen LogP contribution in [0.4, 0.5) is 5.69 Å². The maximum atomic E-state index is 12.4. The fraction of sp³-hybridized carbons (Fsp3) is 0.353. The topological polar surface area (TPSA) is 50.8 Å². The average Bonchev–Trinajstić information content (AvgIpc) is 3.27. The first-order valence-corrected chi connectivity index (χ1v) is 8.64. The lowest BCUT2D eigenvalue weighted by molar-refractivity contribution is -0.117. The van der Waals surface area contributed by atoms with Gasteiger partial charge in [-0.3, -0.25) is 9.69 Å². The van der Waals surface area contributed by atoms with Crippen LogP contribution < -0.4 is 14.8 Å². The number of carbonyl (C=O) groups excluding carboxylic acids is 1. The summed E-state index contributed by atoms with van der Waals surface area (Å²) in [6, 6.07) is 10.1. The highest BCUT2D eigenvalue weighted by molar-refractivity contribution is 7.10. The zero-order chi connectivity index (χ0) is 15.6. The molecule has 1 amide bonds. The number of hydrogen-bond acceptors (Lipinski definition) is 5. The molecule has 3 heterocycles. The van der Waals surface area contributed by atoms with Crippen molar-refractivity contribution in [2.75, 3.05) is 25.2 Å². The summed E-state index contributed by atoms with van der Waals surface area (Å²) >= 11 is 1.76. The van der Waals surface area contributed by atoms with Gasteiger partial charge in [-0.1, -0.05) is 6.07 Å². The first kappa shape index (κ1) is 14.5. The zero-order valence-corrected chi connectivity index (χ0v) is 13.5. The van der Waals surface area contributed by atoms with Gasteiger partial charge < -0.3 is 14.8 Å². The van der Waals surface area contributed by atoms with Gasteiger partial charge in [-0.2, -0.15) is 0 Å². The molecule has 23 heavy (non-hydrogen) atoms. The number of benzene rings is 1. The van der Waals surface area contributed by atoms with Crippen molar-refractivity contribution in [1.29, 1.82) is 0 Å². The number of thiophene rings is 1. The van der Waals surface area contributed by atoms with Gasteiger partial charge in [0.05, 0.1) is 6.54 Å². The zero-order valence-electron chi connectivity index (χ0n) is 12.7. The number of hydrogen-bond donors (Lipinski definition) is 1. The molecule has 2 aliphatic rings. The van der Waals surface area contributed by atoms with Gasteiger partial charge in [0.2, 0.25) is 12.7 Å². The van der Waals surface area contributed by atoms with Crippen LogP contribution in [0.15, 0.2) is 35.7 Å². The first-order valence-electron chi connectivity index (χ1n) is 7.76. The van der Waals surface area contributed by atoms with Crippen molar-refractivity contribution < 1.29 is 14.3 Å². The maximum Gasteiger partial charge on any atom is 0.238 e. The van der Waals surface area contributed by atoms with Crippen molar-refractivity contribution in [3.05, 3.63) is 40.6 Å². The largest absolute Gasteiger partial charge is 0.454 e. The maximum absolute atomic E-state index is 12.4. The Labute approximate surface area is 138 Å². The first-order chi connectivity index (χ1) is 11.3. The van der Waals surface area contributed by atoms with E-state index in [4.69, 9.17) is 9.47 Å². The van der Waals surface area contributed by atoms with Gasteiger partial charge in [0.15, 0.2) is 11.5 Å². The van der Waals surface area contributed by atoms with Crippen molar-refractivity contribution in [2.24, 2.45) is 0 Å². The molecule has 4 rings (SSSR count). The molecule has 0 aliphatic carbocycles. The van der Waals surface area contributed by atoms with Crippen molar-refractivity contribution in [2.45, 2.75) is 18.9 Å². The Morgan fingerprint density at radius 2 is 2.22 bits per heavy atom. The second-order valence-electron chi connectivity index (χ2n) is 5.76. The summed E-state index contributed by atoms with van der Waals surface area (Å²) < 4.78 is 10.6. The lowest BCUT2D eigenvalue weighted by Crippen LogP contribution is -2.32. The lowest BCUT2D eigenvalue weighted by Gasteiger charge is -2.22. The van der Waals surface area contributed by atoms with Gasteiger partial charge in [0.1, 0.15) is 0 Å². The Balaban J connectivity index is 1.40. The summed E-state index contributed by atoms with van der Waals surface area (Å²) in [4.78, 5) is 16.0. The highest BCUT2D eigenvalue weighted by atomic mass is 32.1. The molecule has 1 atom stereocenters. The SMILES string of the molecule is O=C(CN1CCCC1c1cccs1)Nc1ccc2c(c1)OCO2. The van der Waals surface area contributed by atoms with E-state index in [-0.39, 0.29) is 12.7 Å². The predicted octanol–water partition coefficient (Wildman–Crippen LogP) is 3.25. The molecule has 1 aromatic carbocycles. The van der Waals surface area contributed by atoms with Crippen LogP contribution in [0, 0.1) is 0 Å². The normalized spacial score (nSPS) is 19.9. The molecule has 2 aromatic rings. The summed E-state index contributed by atoms with van der Waals surface area (Å²) in [7, 11) is 0. The van der Waals surface area contributed by atoms with Gasteiger partial charge in [-0.25, -0.2) is 0 Å². The van der Waals surface area contributed by atoms with E-state index >= 15 is 0 Å². The number of carbonyl (C=O) groups is 1. The van der Waals surface area contributed by atoms with E-state index in [1.165, 1.54) is 4.88 Å². The van der Waals surface area contributed by atoms with Crippen LogP contribution in [0.25, 0.3) is 0 Å². The molecule has 0 radical (unpaired) electrons. The number of fused-ring (bicyclic) bond motifs is 1. The van der Waals surface area contributed by atoms with E-state index in [1.807, 2.05) is 12.1 Å². The quantitative estimate of drug-likeness (QED) is 0.935. The van der Waals surface area contributed by atoms with Crippen LogP contribution in [0.1, 0.15) is 23.8 Å². The smallest absolute Gasteiger partial charge is 0.238 e. The van der Waals surface area contributed by atoms with E-state index < -0.39 is 0 Å². The number of nitrogens with one attached hydrogen (secondary N) is 1. The third-order valence-corrected chi connectivity index (χ3v) is 5.21. The Morgan fingerprint density at radius 3 is 3.09 bits per heavy atom. The minimum absolute atomic E-state index is 0.00678. The van der Waals surface area contributed by atoms with Crippen LogP contribution in [0.5, 0.6) is 11.5 Å². The summed E-state index contributed by atoms with van der Waals surface area (Å²) in [5, 5.41) is 5.05. The number of ether oxygens (including phenoxy) is 2. The Morgan fingerprint density at radius 1 is 1.30 bits per heavy atom. The molecule has 1 unspecified atom stereocenters. The molecule has 5 nitrogen and oxygen atoms in total. The van der Waals surface area contributed by atoms with Crippen molar-refractivity contribution in [3.8, 4) is 11.5 Å². The molecule has 2 aliphatic heterocycles. The van der Waals surface area contributed by atoms with E-state index in [2.05, 4.69) is 27.7 Å². The molecule has 0 spiro atoms. The minimum Gasteiger partial charge on any atom is -0.454 e. The number of amides is 1. The van der Waals surface area contributed by atoms with Crippen molar-refractivity contribution >= 4 is 22.9 Å². The molecule has 1 N–H and O–H groups in total. The third kappa shape index (κ3) is 3.04. The van der Waals surface area contributed by atoms with Crippen LogP contribution in [-0.4, -0.2) is 30.7 Å². The van der Waals surface area contributed by atoms with Crippen LogP contribution in [0.3, 0.4) is 0 Å². The van der Waals surface area contributed by atoms with Crippen molar-refractivity contribution in [1.82, 2.24) is 4.90 Å². The fourth-order valence-electron chi connectivity index (χ4n) is 3.18. The number of likely N-dealkylation sites (tertiary alicyclic amines) is 1. The number of anilines is 1. The fourth-order valence-corrected chi connectivity index (χ4v) is 4.07. The summed E-state index contributed by atoms with van der Waals surface area (Å²) in [5.74, 6) is 1.41. The van der Waals surface area contributed by atoms with E-state index in [0.717, 1.165) is 30.8 Å². The monoisotopic (exact) mass is 330 g/mol. The summed E-state index contributed by atoms with van der Waals surface area (Å²) in [6.45, 7) is 1.62. The molecular weight excluding hydrogens is 312 g/mol. The standard InChI is InChI=1S/C17H18N2O3S/c20-17(18-12-5-6-14-15(9-12)22-11-21-14)10-19-7-1-3-13(19)16-4-2-8-23-16/h2,4-6,8-9,13H,1,3,7,10-11H2,(H,18,20). The molecule has 6 heteroatoms. The molecule has 1 aromatic heterocycles. The average molecular weight is 330 g/mol. The Kier molecular flexibility index (Phi) is 3.93. The second kappa shape index (κ2) is 6.22. The predicted molar refractivity (Wildman–Crippen MR) is 89.1 cm³/mol. The molecule has 120 valence electrons. The van der Waals surface area contributed by atoms with Crippen LogP contribution >= 0.6 is 11.3 Å². The van der Waals surface area contributed by atoms with Gasteiger partial charge in [0, 0.05) is 22.7 Å². The molecule has 0 bridgehead atoms. The molecule has 0 saturated carbocycles. The Bertz CT molecular complexity index is 702. The highest BCUT2D eigenvalue weighted by Gasteiger charge is 2.28. The minimum atomic E-state index is 0.00678. The van der Waals surface area contributed by atoms with Gasteiger partial charge in [-0.05, 0) is 43.0 Å². The van der Waals surface area contributed by atoms with E-state index in [0.29, 0.717) is 18.3 Å². The molecular formula is C17H18N2O3S. The molecule has 1 saturated heterocycles. The van der Waals surface area contributed by atoms with Crippen LogP contribution in [0.2, 0.25) is 0 Å². The van der Waals surface area contributed by atoms with Crippen molar-refractivity contribution in [3.63, 3.8) is 0 Å². The molecule has 1 fully saturated rings. The highest BCUT2D eigenvalue weighted by Crippen LogP contribution is 2.35. The van der Waals surface area contributed by atoms with Crippen LogP contribution in [-0.2, 0) is 4.79 Å². The number of rotatable bonds is 4. The lowest BCUT2D eigenvalue weighted by atomic mass is 10.2. The van der Waals surface area contributed by atoms with E-state index in [9.17, 15) is 4.79 Å². The van der Waals surface area contributed by atoms with E-state index in [1.54, 1.807) is 17.4 Å². The van der Waals surface area contributed by atoms with Gasteiger partial charge in [-0.15, -0.1) is 11.3 Å².